The van der Waals surface area contributed by atoms with Crippen molar-refractivity contribution in [3.05, 3.63) is 60.2 Å². The highest BCUT2D eigenvalue weighted by atomic mass is 16.4. The van der Waals surface area contributed by atoms with E-state index < -0.39 is 0 Å². The van der Waals surface area contributed by atoms with Crippen molar-refractivity contribution in [1.82, 2.24) is 0 Å². The smallest absolute Gasteiger partial charge is 0.343 e. The zero-order chi connectivity index (χ0) is 13.5. The molecular weight excluding hydrogens is 268 g/mol. The monoisotopic (exact) mass is 290 g/mol. The van der Waals surface area contributed by atoms with Gasteiger partial charge >= 0.3 is 6.67 Å². The molecule has 2 rings (SSSR count). The Morgan fingerprint density at radius 3 is 1.38 bits per heavy atom. The van der Waals surface area contributed by atoms with Crippen molar-refractivity contribution in [3.8, 4) is 0 Å². The molecular formula is C15H22N4O2+2. The molecule has 0 aliphatic rings. The average molecular weight is 290 g/mol. The van der Waals surface area contributed by atoms with E-state index in [9.17, 15) is 0 Å². The third-order valence-corrected chi connectivity index (χ3v) is 2.57. The Bertz CT molecular complexity index is 524. The molecule has 0 saturated heterocycles. The molecule has 0 spiro atoms. The molecule has 112 valence electrons. The van der Waals surface area contributed by atoms with E-state index in [1.165, 1.54) is 12.4 Å². The molecule has 0 aliphatic heterocycles. The molecule has 0 fully saturated rings. The van der Waals surface area contributed by atoms with Crippen LogP contribution in [0.3, 0.4) is 0 Å². The summed E-state index contributed by atoms with van der Waals surface area (Å²) in [6.07, 6.45) is 10.3. The standard InChI is InChI=1S/C13H12N4O2.2CH4/c18-14-9-12-1-5-16(6-2-12)11-17-7-3-13(4-8-17)10-15-19;;/h1-10H,11H2;2*1H4/p+2. The molecule has 21 heavy (non-hydrogen) atoms. The second kappa shape index (κ2) is 9.19. The first-order chi connectivity index (χ1) is 9.31. The molecule has 6 nitrogen and oxygen atoms in total. The predicted molar refractivity (Wildman–Crippen MR) is 80.9 cm³/mol. The van der Waals surface area contributed by atoms with Gasteiger partial charge in [-0.05, 0) is 0 Å². The maximum Gasteiger partial charge on any atom is 0.343 e. The summed E-state index contributed by atoms with van der Waals surface area (Å²) < 4.78 is 3.96. The van der Waals surface area contributed by atoms with Gasteiger partial charge in [0.1, 0.15) is 0 Å². The minimum absolute atomic E-state index is 0. The zero-order valence-electron chi connectivity index (χ0n) is 10.2. The highest BCUT2D eigenvalue weighted by Gasteiger charge is 2.07. The maximum absolute atomic E-state index is 8.42. The van der Waals surface area contributed by atoms with Crippen LogP contribution in [0.2, 0.25) is 0 Å². The molecule has 0 bridgehead atoms. The van der Waals surface area contributed by atoms with Crippen molar-refractivity contribution in [1.29, 1.82) is 0 Å². The van der Waals surface area contributed by atoms with Crippen LogP contribution in [0.25, 0.3) is 0 Å². The average Bonchev–Trinajstić information content (AvgIpc) is 2.44. The Morgan fingerprint density at radius 2 is 1.10 bits per heavy atom. The van der Waals surface area contributed by atoms with Gasteiger partial charge in [-0.15, -0.1) is 9.13 Å². The molecule has 0 saturated carbocycles. The molecule has 0 aromatic carbocycles. The molecule has 0 aliphatic carbocycles. The summed E-state index contributed by atoms with van der Waals surface area (Å²) >= 11 is 0. The van der Waals surface area contributed by atoms with Crippen LogP contribution in [-0.2, 0) is 6.67 Å². The lowest BCUT2D eigenvalue weighted by molar-refractivity contribution is -0.913. The van der Waals surface area contributed by atoms with Crippen LogP contribution < -0.4 is 9.13 Å². The summed E-state index contributed by atoms with van der Waals surface area (Å²) in [6.45, 7) is 0.660. The number of pyridine rings is 2. The first-order valence-electron chi connectivity index (χ1n) is 5.65. The van der Waals surface area contributed by atoms with Gasteiger partial charge in [0, 0.05) is 35.4 Å². The third kappa shape index (κ3) is 5.40. The normalized spacial score (nSPS) is 10.3. The highest BCUT2D eigenvalue weighted by Crippen LogP contribution is 1.91. The Labute approximate surface area is 124 Å². The van der Waals surface area contributed by atoms with E-state index >= 15 is 0 Å². The number of nitrogens with zero attached hydrogens (tertiary/aromatic N) is 4. The van der Waals surface area contributed by atoms with Crippen LogP contribution in [0.1, 0.15) is 26.0 Å². The minimum atomic E-state index is 0. The van der Waals surface area contributed by atoms with Gasteiger partial charge in [0.2, 0.25) is 0 Å². The fourth-order valence-electron chi connectivity index (χ4n) is 1.62. The molecule has 0 atom stereocenters. The summed E-state index contributed by atoms with van der Waals surface area (Å²) in [5, 5.41) is 22.8. The molecule has 0 amide bonds. The maximum atomic E-state index is 8.42. The van der Waals surface area contributed by atoms with Gasteiger partial charge in [-0.2, -0.15) is 0 Å². The second-order valence-electron chi connectivity index (χ2n) is 3.92. The van der Waals surface area contributed by atoms with E-state index in [2.05, 4.69) is 10.3 Å². The van der Waals surface area contributed by atoms with Crippen molar-refractivity contribution in [2.75, 3.05) is 0 Å². The van der Waals surface area contributed by atoms with Crippen LogP contribution in [0, 0.1) is 0 Å². The largest absolute Gasteiger partial charge is 0.411 e. The summed E-state index contributed by atoms with van der Waals surface area (Å²) in [4.78, 5) is 0. The van der Waals surface area contributed by atoms with E-state index in [-0.39, 0.29) is 14.9 Å². The highest BCUT2D eigenvalue weighted by molar-refractivity contribution is 5.78. The van der Waals surface area contributed by atoms with Gasteiger partial charge < -0.3 is 10.4 Å². The van der Waals surface area contributed by atoms with Gasteiger partial charge in [0.05, 0.1) is 12.4 Å². The fraction of sp³-hybridized carbons (Fsp3) is 0.200. The molecule has 2 N–H and O–H groups in total. The molecule has 6 heteroatoms. The van der Waals surface area contributed by atoms with E-state index in [1.807, 2.05) is 58.2 Å². The zero-order valence-corrected chi connectivity index (χ0v) is 10.2. The lowest BCUT2D eigenvalue weighted by Crippen LogP contribution is -2.50. The predicted octanol–water partition coefficient (Wildman–Crippen LogP) is 1.66. The Balaban J connectivity index is 0.00000200. The lowest BCUT2D eigenvalue weighted by atomic mass is 10.3. The number of rotatable bonds is 4. The van der Waals surface area contributed by atoms with Crippen LogP contribution in [-0.4, -0.2) is 22.8 Å². The van der Waals surface area contributed by atoms with Gasteiger partial charge in [-0.25, -0.2) is 0 Å². The Morgan fingerprint density at radius 1 is 0.762 bits per heavy atom. The molecule has 2 heterocycles. The minimum Gasteiger partial charge on any atom is -0.411 e. The molecule has 0 radical (unpaired) electrons. The van der Waals surface area contributed by atoms with Crippen LogP contribution >= 0.6 is 0 Å². The Kier molecular flexibility index (Phi) is 7.98. The molecule has 0 unspecified atom stereocenters. The van der Waals surface area contributed by atoms with E-state index in [0.717, 1.165) is 11.1 Å². The topological polar surface area (TPSA) is 72.9 Å². The molecule has 2 aromatic heterocycles. The van der Waals surface area contributed by atoms with Crippen LogP contribution in [0.5, 0.6) is 0 Å². The number of oxime groups is 2. The number of hydrogen-bond acceptors (Lipinski definition) is 4. The van der Waals surface area contributed by atoms with Crippen molar-refractivity contribution < 1.29 is 19.5 Å². The van der Waals surface area contributed by atoms with Gasteiger partial charge in [0.15, 0.2) is 24.8 Å². The van der Waals surface area contributed by atoms with Gasteiger partial charge in [0.25, 0.3) is 0 Å². The molecule has 2 aromatic rings. The lowest BCUT2D eigenvalue weighted by Gasteiger charge is -1.95. The summed E-state index contributed by atoms with van der Waals surface area (Å²) in [5.74, 6) is 0. The first-order valence-corrected chi connectivity index (χ1v) is 5.65. The Hall–Kier alpha value is -2.76. The summed E-state index contributed by atoms with van der Waals surface area (Å²) in [7, 11) is 0. The van der Waals surface area contributed by atoms with E-state index in [1.54, 1.807) is 0 Å². The quantitative estimate of drug-likeness (QED) is 0.389. The van der Waals surface area contributed by atoms with Gasteiger partial charge in [-0.3, -0.25) is 0 Å². The third-order valence-electron chi connectivity index (χ3n) is 2.57. The van der Waals surface area contributed by atoms with E-state index in [4.69, 9.17) is 10.4 Å². The van der Waals surface area contributed by atoms with Crippen LogP contribution in [0.15, 0.2) is 59.4 Å². The second-order valence-corrected chi connectivity index (χ2v) is 3.92. The SMILES string of the molecule is C.C.ON=Cc1cc[n+](C[n+]2ccc(C=NO)cc2)cc1. The number of hydrogen-bond donors (Lipinski definition) is 2. The first kappa shape index (κ1) is 18.2. The van der Waals surface area contributed by atoms with E-state index in [0.29, 0.717) is 6.67 Å². The van der Waals surface area contributed by atoms with Crippen molar-refractivity contribution in [3.63, 3.8) is 0 Å². The van der Waals surface area contributed by atoms with Gasteiger partial charge in [-0.1, -0.05) is 25.2 Å². The fourth-order valence-corrected chi connectivity index (χ4v) is 1.62. The van der Waals surface area contributed by atoms with Crippen molar-refractivity contribution in [2.45, 2.75) is 21.5 Å². The summed E-state index contributed by atoms with van der Waals surface area (Å²) in [6, 6.07) is 7.42. The van der Waals surface area contributed by atoms with Crippen molar-refractivity contribution >= 4 is 12.4 Å². The van der Waals surface area contributed by atoms with Crippen molar-refractivity contribution in [2.24, 2.45) is 10.3 Å². The van der Waals surface area contributed by atoms with Crippen LogP contribution in [0.4, 0.5) is 0 Å². The summed E-state index contributed by atoms with van der Waals surface area (Å²) in [5.41, 5.74) is 1.66. The number of aromatic nitrogens is 2.